The molecular weight excluding hydrogens is 198 g/mol. The predicted octanol–water partition coefficient (Wildman–Crippen LogP) is 3.35. The van der Waals surface area contributed by atoms with Gasteiger partial charge in [-0.1, -0.05) is 27.7 Å². The highest BCUT2D eigenvalue weighted by atomic mass is 15.0. The van der Waals surface area contributed by atoms with E-state index in [4.69, 9.17) is 0 Å². The Morgan fingerprint density at radius 2 is 2.06 bits per heavy atom. The van der Waals surface area contributed by atoms with Gasteiger partial charge in [-0.25, -0.2) is 4.98 Å². The molecule has 0 amide bonds. The third kappa shape index (κ3) is 5.69. The Balaban J connectivity index is 2.21. The molecule has 1 atom stereocenters. The zero-order valence-electron chi connectivity index (χ0n) is 10.8. The fourth-order valence-electron chi connectivity index (χ4n) is 1.98. The minimum atomic E-state index is 0.423. The Bertz CT molecular complexity index is 290. The average Bonchev–Trinajstić information content (AvgIpc) is 2.16. The van der Waals surface area contributed by atoms with E-state index >= 15 is 0 Å². The molecule has 3 nitrogen and oxygen atoms in total. The summed E-state index contributed by atoms with van der Waals surface area (Å²) in [6.07, 6.45) is 7.59. The summed E-state index contributed by atoms with van der Waals surface area (Å²) in [6, 6.07) is 0. The van der Waals surface area contributed by atoms with E-state index in [-0.39, 0.29) is 0 Å². The molecule has 0 saturated heterocycles. The van der Waals surface area contributed by atoms with E-state index in [0.717, 1.165) is 18.3 Å². The summed E-state index contributed by atoms with van der Waals surface area (Å²) < 4.78 is 0. The molecule has 1 heterocycles. The zero-order chi connectivity index (χ0) is 12.0. The van der Waals surface area contributed by atoms with Gasteiger partial charge in [0, 0.05) is 18.9 Å². The SMILES string of the molecule is CC(CCNc1cnccn1)CC(C)(C)C. The van der Waals surface area contributed by atoms with Crippen LogP contribution < -0.4 is 5.32 Å². The van der Waals surface area contributed by atoms with Gasteiger partial charge in [0.1, 0.15) is 5.82 Å². The normalized spacial score (nSPS) is 13.5. The maximum Gasteiger partial charge on any atom is 0.144 e. The quantitative estimate of drug-likeness (QED) is 0.828. The number of nitrogens with one attached hydrogen (secondary N) is 1. The molecule has 0 spiro atoms. The van der Waals surface area contributed by atoms with Crippen LogP contribution in [0.25, 0.3) is 0 Å². The lowest BCUT2D eigenvalue weighted by molar-refractivity contribution is 0.300. The largest absolute Gasteiger partial charge is 0.369 e. The van der Waals surface area contributed by atoms with Gasteiger partial charge in [-0.2, -0.15) is 0 Å². The highest BCUT2D eigenvalue weighted by molar-refractivity contribution is 5.29. The van der Waals surface area contributed by atoms with Crippen LogP contribution in [0.5, 0.6) is 0 Å². The molecule has 0 aliphatic rings. The van der Waals surface area contributed by atoms with Crippen molar-refractivity contribution < 1.29 is 0 Å². The highest BCUT2D eigenvalue weighted by Crippen LogP contribution is 2.25. The van der Waals surface area contributed by atoms with Gasteiger partial charge in [-0.05, 0) is 24.2 Å². The minimum absolute atomic E-state index is 0.423. The number of hydrogen-bond donors (Lipinski definition) is 1. The fourth-order valence-corrected chi connectivity index (χ4v) is 1.98. The van der Waals surface area contributed by atoms with Gasteiger partial charge >= 0.3 is 0 Å². The third-order valence-electron chi connectivity index (χ3n) is 2.47. The van der Waals surface area contributed by atoms with Gasteiger partial charge in [-0.15, -0.1) is 0 Å². The summed E-state index contributed by atoms with van der Waals surface area (Å²) in [4.78, 5) is 8.19. The molecule has 1 unspecified atom stereocenters. The van der Waals surface area contributed by atoms with Gasteiger partial charge in [0.05, 0.1) is 6.20 Å². The van der Waals surface area contributed by atoms with Crippen molar-refractivity contribution in [2.45, 2.75) is 40.5 Å². The fraction of sp³-hybridized carbons (Fsp3) is 0.692. The first-order valence-electron chi connectivity index (χ1n) is 5.97. The highest BCUT2D eigenvalue weighted by Gasteiger charge is 2.14. The molecule has 1 N–H and O–H groups in total. The van der Waals surface area contributed by atoms with Crippen molar-refractivity contribution in [3.8, 4) is 0 Å². The molecule has 0 saturated carbocycles. The van der Waals surface area contributed by atoms with Crippen molar-refractivity contribution >= 4 is 5.82 Å². The van der Waals surface area contributed by atoms with Gasteiger partial charge < -0.3 is 5.32 Å². The Hall–Kier alpha value is -1.12. The first kappa shape index (κ1) is 12.9. The summed E-state index contributed by atoms with van der Waals surface area (Å²) >= 11 is 0. The van der Waals surface area contributed by atoms with Crippen molar-refractivity contribution in [2.24, 2.45) is 11.3 Å². The number of nitrogens with zero attached hydrogens (tertiary/aromatic N) is 2. The molecular formula is C13H23N3. The standard InChI is InChI=1S/C13H23N3/c1-11(9-13(2,3)4)5-6-15-12-10-14-7-8-16-12/h7-8,10-11H,5-6,9H2,1-4H3,(H,15,16). The van der Waals surface area contributed by atoms with Crippen LogP contribution in [-0.2, 0) is 0 Å². The average molecular weight is 221 g/mol. The second-order valence-corrected chi connectivity index (χ2v) is 5.68. The van der Waals surface area contributed by atoms with Gasteiger partial charge in [0.15, 0.2) is 0 Å². The molecule has 1 rings (SSSR count). The van der Waals surface area contributed by atoms with E-state index in [0.29, 0.717) is 5.41 Å². The molecule has 0 radical (unpaired) electrons. The van der Waals surface area contributed by atoms with Crippen LogP contribution >= 0.6 is 0 Å². The van der Waals surface area contributed by atoms with Gasteiger partial charge in [0.2, 0.25) is 0 Å². The Morgan fingerprint density at radius 3 is 2.62 bits per heavy atom. The van der Waals surface area contributed by atoms with Crippen LogP contribution in [-0.4, -0.2) is 16.5 Å². The van der Waals surface area contributed by atoms with Crippen LogP contribution in [0.15, 0.2) is 18.6 Å². The molecule has 3 heteroatoms. The van der Waals surface area contributed by atoms with E-state index in [2.05, 4.69) is 43.0 Å². The van der Waals surface area contributed by atoms with Crippen molar-refractivity contribution in [1.29, 1.82) is 0 Å². The maximum absolute atomic E-state index is 4.18. The van der Waals surface area contributed by atoms with Crippen molar-refractivity contribution in [1.82, 2.24) is 9.97 Å². The summed E-state index contributed by atoms with van der Waals surface area (Å²) in [5, 5.41) is 3.29. The maximum atomic E-state index is 4.18. The van der Waals surface area contributed by atoms with Gasteiger partial charge in [0.25, 0.3) is 0 Å². The van der Waals surface area contributed by atoms with E-state index in [1.54, 1.807) is 18.6 Å². The van der Waals surface area contributed by atoms with Crippen LogP contribution in [0.3, 0.4) is 0 Å². The van der Waals surface area contributed by atoms with E-state index < -0.39 is 0 Å². The summed E-state index contributed by atoms with van der Waals surface area (Å²) in [6.45, 7) is 10.2. The monoisotopic (exact) mass is 221 g/mol. The molecule has 0 bridgehead atoms. The van der Waals surface area contributed by atoms with Crippen LogP contribution in [0.1, 0.15) is 40.5 Å². The lowest BCUT2D eigenvalue weighted by atomic mass is 9.84. The van der Waals surface area contributed by atoms with E-state index in [1.807, 2.05) is 0 Å². The number of rotatable bonds is 5. The summed E-state index contributed by atoms with van der Waals surface area (Å²) in [7, 11) is 0. The first-order chi connectivity index (χ1) is 7.47. The smallest absolute Gasteiger partial charge is 0.144 e. The molecule has 0 aliphatic heterocycles. The van der Waals surface area contributed by atoms with Gasteiger partial charge in [-0.3, -0.25) is 4.98 Å². The molecule has 0 fully saturated rings. The van der Waals surface area contributed by atoms with E-state index in [1.165, 1.54) is 12.8 Å². The van der Waals surface area contributed by atoms with E-state index in [9.17, 15) is 0 Å². The minimum Gasteiger partial charge on any atom is -0.369 e. The molecule has 0 aromatic carbocycles. The molecule has 1 aromatic rings. The van der Waals surface area contributed by atoms with Crippen molar-refractivity contribution in [2.75, 3.05) is 11.9 Å². The third-order valence-corrected chi connectivity index (χ3v) is 2.47. The second kappa shape index (κ2) is 5.83. The molecule has 90 valence electrons. The number of hydrogen-bond acceptors (Lipinski definition) is 3. The lowest BCUT2D eigenvalue weighted by Crippen LogP contribution is -2.14. The van der Waals surface area contributed by atoms with Crippen LogP contribution in [0.2, 0.25) is 0 Å². The molecule has 0 aliphatic carbocycles. The molecule has 16 heavy (non-hydrogen) atoms. The number of anilines is 1. The summed E-state index contributed by atoms with van der Waals surface area (Å²) in [5.41, 5.74) is 0.423. The van der Waals surface area contributed by atoms with Crippen LogP contribution in [0.4, 0.5) is 5.82 Å². The Kier molecular flexibility index (Phi) is 4.71. The second-order valence-electron chi connectivity index (χ2n) is 5.68. The Labute approximate surface area is 98.7 Å². The number of aromatic nitrogens is 2. The van der Waals surface area contributed by atoms with Crippen molar-refractivity contribution in [3.05, 3.63) is 18.6 Å². The van der Waals surface area contributed by atoms with Crippen LogP contribution in [0, 0.1) is 11.3 Å². The van der Waals surface area contributed by atoms with Crippen molar-refractivity contribution in [3.63, 3.8) is 0 Å². The predicted molar refractivity (Wildman–Crippen MR) is 68.4 cm³/mol. The lowest BCUT2D eigenvalue weighted by Gasteiger charge is -2.23. The topological polar surface area (TPSA) is 37.8 Å². The first-order valence-corrected chi connectivity index (χ1v) is 5.97. The molecule has 1 aromatic heterocycles. The zero-order valence-corrected chi connectivity index (χ0v) is 10.8. The summed E-state index contributed by atoms with van der Waals surface area (Å²) in [5.74, 6) is 1.61. The Morgan fingerprint density at radius 1 is 1.31 bits per heavy atom.